The first-order valence-corrected chi connectivity index (χ1v) is 10.4. The number of primary amides is 1. The van der Waals surface area contributed by atoms with Crippen LogP contribution in [0.5, 0.6) is 5.75 Å². The number of aliphatic imine (C=N–C) groups is 1. The summed E-state index contributed by atoms with van der Waals surface area (Å²) in [6.45, 7) is 0. The van der Waals surface area contributed by atoms with Crippen molar-refractivity contribution < 1.29 is 32.3 Å². The Bertz CT molecular complexity index is 1100. The van der Waals surface area contributed by atoms with Gasteiger partial charge < -0.3 is 21.1 Å². The minimum atomic E-state index is -4.52. The van der Waals surface area contributed by atoms with Crippen molar-refractivity contribution in [1.29, 1.82) is 0 Å². The van der Waals surface area contributed by atoms with Crippen LogP contribution in [0.1, 0.15) is 30.4 Å². The Labute approximate surface area is 193 Å². The Morgan fingerprint density at radius 2 is 1.85 bits per heavy atom. The number of amides is 3. The molecule has 1 aliphatic heterocycles. The van der Waals surface area contributed by atoms with E-state index in [1.165, 1.54) is 7.11 Å². The van der Waals surface area contributed by atoms with Crippen molar-refractivity contribution in [3.05, 3.63) is 59.7 Å². The lowest BCUT2D eigenvalue weighted by Crippen LogP contribution is -2.45. The van der Waals surface area contributed by atoms with E-state index in [-0.39, 0.29) is 0 Å². The van der Waals surface area contributed by atoms with Crippen molar-refractivity contribution in [2.24, 2.45) is 16.6 Å². The SMILES string of the molecule is COc1ccc(C2=NC(NC(=O)C(CCC(F)(F)F)CC(N)=O)C(=O)Nc3ccccc32)cc1. The van der Waals surface area contributed by atoms with Gasteiger partial charge in [0.05, 0.1) is 18.5 Å². The van der Waals surface area contributed by atoms with Crippen LogP contribution in [0.3, 0.4) is 0 Å². The molecule has 11 heteroatoms. The summed E-state index contributed by atoms with van der Waals surface area (Å²) in [5.41, 5.74) is 7.15. The number of methoxy groups -OCH3 is 1. The molecule has 8 nitrogen and oxygen atoms in total. The van der Waals surface area contributed by atoms with Gasteiger partial charge in [-0.25, -0.2) is 4.99 Å². The van der Waals surface area contributed by atoms with E-state index in [9.17, 15) is 27.6 Å². The number of benzene rings is 2. The fourth-order valence-corrected chi connectivity index (χ4v) is 3.49. The van der Waals surface area contributed by atoms with Gasteiger partial charge in [0.25, 0.3) is 5.91 Å². The number of rotatable bonds is 8. The summed E-state index contributed by atoms with van der Waals surface area (Å²) < 4.78 is 43.2. The molecule has 0 saturated carbocycles. The summed E-state index contributed by atoms with van der Waals surface area (Å²) in [6, 6.07) is 13.7. The molecule has 180 valence electrons. The highest BCUT2D eigenvalue weighted by molar-refractivity contribution is 6.19. The molecular weight excluding hydrogens is 453 g/mol. The Morgan fingerprint density at radius 1 is 1.18 bits per heavy atom. The number of anilines is 1. The summed E-state index contributed by atoms with van der Waals surface area (Å²) in [4.78, 5) is 41.4. The van der Waals surface area contributed by atoms with Gasteiger partial charge in [-0.15, -0.1) is 0 Å². The lowest BCUT2D eigenvalue weighted by molar-refractivity contribution is -0.143. The van der Waals surface area contributed by atoms with Crippen LogP contribution in [0, 0.1) is 5.92 Å². The van der Waals surface area contributed by atoms with E-state index >= 15 is 0 Å². The molecule has 0 fully saturated rings. The predicted molar refractivity (Wildman–Crippen MR) is 118 cm³/mol. The number of nitrogens with two attached hydrogens (primary N) is 1. The number of hydrogen-bond donors (Lipinski definition) is 3. The van der Waals surface area contributed by atoms with Crippen LogP contribution >= 0.6 is 0 Å². The number of benzodiazepines with no additional fused rings is 1. The average Bonchev–Trinajstić information content (AvgIpc) is 2.92. The van der Waals surface area contributed by atoms with Gasteiger partial charge in [-0.1, -0.05) is 18.2 Å². The van der Waals surface area contributed by atoms with Gasteiger partial charge in [0.1, 0.15) is 5.75 Å². The number of hydrogen-bond acceptors (Lipinski definition) is 5. The molecule has 0 aliphatic carbocycles. The van der Waals surface area contributed by atoms with Crippen LogP contribution < -0.4 is 21.1 Å². The average molecular weight is 476 g/mol. The molecule has 0 bridgehead atoms. The van der Waals surface area contributed by atoms with E-state index in [1.54, 1.807) is 48.5 Å². The third-order valence-electron chi connectivity index (χ3n) is 5.18. The maximum absolute atomic E-state index is 12.8. The fraction of sp³-hybridized carbons (Fsp3) is 0.304. The van der Waals surface area contributed by atoms with E-state index in [2.05, 4.69) is 15.6 Å². The molecule has 2 aromatic rings. The highest BCUT2D eigenvalue weighted by Crippen LogP contribution is 2.27. The zero-order valence-corrected chi connectivity index (χ0v) is 18.2. The van der Waals surface area contributed by atoms with Crippen molar-refractivity contribution in [2.45, 2.75) is 31.6 Å². The Kier molecular flexibility index (Phi) is 7.54. The van der Waals surface area contributed by atoms with Crippen LogP contribution in [0.15, 0.2) is 53.5 Å². The summed E-state index contributed by atoms with van der Waals surface area (Å²) in [5, 5.41) is 5.04. The maximum atomic E-state index is 12.8. The maximum Gasteiger partial charge on any atom is 0.389 e. The Balaban J connectivity index is 1.93. The molecule has 2 atom stereocenters. The van der Waals surface area contributed by atoms with Crippen molar-refractivity contribution in [3.63, 3.8) is 0 Å². The van der Waals surface area contributed by atoms with Gasteiger partial charge >= 0.3 is 6.18 Å². The van der Waals surface area contributed by atoms with Gasteiger partial charge in [0.15, 0.2) is 0 Å². The smallest absolute Gasteiger partial charge is 0.389 e. The molecule has 3 rings (SSSR count). The predicted octanol–water partition coefficient (Wildman–Crippen LogP) is 2.76. The van der Waals surface area contributed by atoms with Crippen molar-refractivity contribution in [3.8, 4) is 5.75 Å². The highest BCUT2D eigenvalue weighted by atomic mass is 19.4. The molecule has 4 N–H and O–H groups in total. The second kappa shape index (κ2) is 10.4. The second-order valence-corrected chi connectivity index (χ2v) is 7.67. The van der Waals surface area contributed by atoms with Crippen LogP contribution in [0.2, 0.25) is 0 Å². The Hall–Kier alpha value is -3.89. The quantitative estimate of drug-likeness (QED) is 0.542. The first-order valence-electron chi connectivity index (χ1n) is 10.4. The van der Waals surface area contributed by atoms with Crippen LogP contribution in [0.25, 0.3) is 0 Å². The standard InChI is InChI=1S/C23H23F3N4O4/c1-34-15-8-6-13(7-9-15)19-16-4-2-3-5-17(16)28-22(33)20(29-19)30-21(32)14(12-18(27)31)10-11-23(24,25)26/h2-9,14,20H,10-12H2,1H3,(H2,27,31)(H,28,33)(H,30,32). The summed E-state index contributed by atoms with van der Waals surface area (Å²) in [5.74, 6) is -3.30. The molecular formula is C23H23F3N4O4. The third kappa shape index (κ3) is 6.33. The van der Waals surface area contributed by atoms with Gasteiger partial charge in [-0.2, -0.15) is 13.2 Å². The monoisotopic (exact) mass is 476 g/mol. The first-order chi connectivity index (χ1) is 16.1. The molecule has 0 saturated heterocycles. The third-order valence-corrected chi connectivity index (χ3v) is 5.18. The number of nitrogens with zero attached hydrogens (tertiary/aromatic N) is 1. The van der Waals surface area contributed by atoms with Gasteiger partial charge in [-0.05, 0) is 36.8 Å². The number of halogens is 3. The number of carbonyl (C=O) groups excluding carboxylic acids is 3. The lowest BCUT2D eigenvalue weighted by atomic mass is 9.97. The first kappa shape index (κ1) is 24.7. The fourth-order valence-electron chi connectivity index (χ4n) is 3.49. The minimum Gasteiger partial charge on any atom is -0.497 e. The molecule has 2 aromatic carbocycles. The van der Waals surface area contributed by atoms with E-state index in [0.29, 0.717) is 28.3 Å². The lowest BCUT2D eigenvalue weighted by Gasteiger charge is -2.19. The van der Waals surface area contributed by atoms with Crippen LogP contribution in [-0.4, -0.2) is 42.9 Å². The molecule has 34 heavy (non-hydrogen) atoms. The van der Waals surface area contributed by atoms with E-state index in [0.717, 1.165) is 0 Å². The minimum absolute atomic E-state index is 0.378. The number of fused-ring (bicyclic) bond motifs is 1. The Morgan fingerprint density at radius 3 is 2.47 bits per heavy atom. The molecule has 2 unspecified atom stereocenters. The molecule has 0 spiro atoms. The summed E-state index contributed by atoms with van der Waals surface area (Å²) in [6.07, 6.45) is -8.48. The molecule has 1 aliphatic rings. The van der Waals surface area contributed by atoms with Crippen LogP contribution in [-0.2, 0) is 14.4 Å². The van der Waals surface area contributed by atoms with E-state index in [1.807, 2.05) is 0 Å². The second-order valence-electron chi connectivity index (χ2n) is 7.67. The molecule has 3 amide bonds. The molecule has 1 heterocycles. The zero-order chi connectivity index (χ0) is 24.9. The number of carbonyl (C=O) groups is 3. The van der Waals surface area contributed by atoms with Gasteiger partial charge in [0.2, 0.25) is 18.0 Å². The number of para-hydroxylation sites is 1. The zero-order valence-electron chi connectivity index (χ0n) is 18.2. The van der Waals surface area contributed by atoms with E-state index < -0.39 is 55.2 Å². The normalized spacial score (nSPS) is 16.4. The number of ether oxygens (including phenoxy) is 1. The molecule has 0 aromatic heterocycles. The van der Waals surface area contributed by atoms with Crippen molar-refractivity contribution in [2.75, 3.05) is 12.4 Å². The van der Waals surface area contributed by atoms with Crippen molar-refractivity contribution in [1.82, 2.24) is 5.32 Å². The van der Waals surface area contributed by atoms with Gasteiger partial charge in [0, 0.05) is 29.9 Å². The largest absolute Gasteiger partial charge is 0.497 e. The van der Waals surface area contributed by atoms with Crippen LogP contribution in [0.4, 0.5) is 18.9 Å². The van der Waals surface area contributed by atoms with E-state index in [4.69, 9.17) is 10.5 Å². The van der Waals surface area contributed by atoms with Crippen molar-refractivity contribution >= 4 is 29.1 Å². The summed E-state index contributed by atoms with van der Waals surface area (Å²) >= 11 is 0. The molecule has 0 radical (unpaired) electrons. The highest BCUT2D eigenvalue weighted by Gasteiger charge is 2.33. The number of nitrogens with one attached hydrogen (secondary N) is 2. The summed E-state index contributed by atoms with van der Waals surface area (Å²) in [7, 11) is 1.52. The topological polar surface area (TPSA) is 123 Å². The van der Waals surface area contributed by atoms with Gasteiger partial charge in [-0.3, -0.25) is 14.4 Å². The number of alkyl halides is 3.